The molecule has 2 N–H and O–H groups in total. The summed E-state index contributed by atoms with van der Waals surface area (Å²) < 4.78 is 88.1. The Hall–Kier alpha value is -11.0. The molecule has 106 heavy (non-hydrogen) atoms. The summed E-state index contributed by atoms with van der Waals surface area (Å²) in [6, 6.07) is 56.7. The lowest BCUT2D eigenvalue weighted by Gasteiger charge is -2.36. The number of hydrogen-bond donors (Lipinski definition) is 2. The van der Waals surface area contributed by atoms with Crippen molar-refractivity contribution in [2.75, 3.05) is 72.0 Å². The van der Waals surface area contributed by atoms with E-state index in [4.69, 9.17) is 9.15 Å². The number of imide groups is 2. The molecule has 0 saturated carbocycles. The average Bonchev–Trinajstić information content (AvgIpc) is 1.11. The topological polar surface area (TPSA) is 217 Å². The van der Waals surface area contributed by atoms with Crippen molar-refractivity contribution in [2.24, 2.45) is 0 Å². The van der Waals surface area contributed by atoms with Gasteiger partial charge in [0, 0.05) is 120 Å². The Kier molecular flexibility index (Phi) is 20.3. The first-order chi connectivity index (χ1) is 51.1. The summed E-state index contributed by atoms with van der Waals surface area (Å²) in [6.45, 7) is 16.6. The fourth-order valence-electron chi connectivity index (χ4n) is 15.8. The van der Waals surface area contributed by atoms with E-state index in [0.717, 1.165) is 95.2 Å². The zero-order valence-electron chi connectivity index (χ0n) is 60.1. The summed E-state index contributed by atoms with van der Waals surface area (Å²) in [4.78, 5) is 65.1. The standard InChI is InChI=1S/C86H82N6O12S2/c1-7-87(59-37-41-67-73(51-59)103-75-53-61(39-43-69(75)79(67)71-33-15-17-35-77(71)105(97,98)99)89(81-55(3)25-21-26-56(81)4)47-23-49-91-83(93)63-29-11-12-30-64(63)84(91)94)45-19-9-10-20-46-88(8-2)60-38-42-68-74(52-60)104-76-54-62(40-44-70(76)80(68)72-34-16-18-36-78(72)106(100,101)102)90(82-57(5)27-22-28-58(82)6)48-24-50-92-85(95)65-31-13-14-32-66(65)86(92)96/h11-18,21-22,25-44,51-54,75H,7-10,19-20,23-24,45-50H2,1-6H3,(H-,97,98,99,100,101,102)/p+1. The van der Waals surface area contributed by atoms with Gasteiger partial charge in [0.05, 0.1) is 50.8 Å². The fraction of sp³-hybridized carbons (Fsp3) is 0.244. The molecule has 1 aliphatic carbocycles. The molecule has 0 radical (unpaired) electrons. The smallest absolute Gasteiger partial charge is 0.363 e. The summed E-state index contributed by atoms with van der Waals surface area (Å²) in [5.74, 6) is -0.693. The molecular weight excluding hydrogens is 1370 g/mol. The van der Waals surface area contributed by atoms with Gasteiger partial charge in [-0.25, -0.2) is 4.42 Å². The van der Waals surface area contributed by atoms with Crippen molar-refractivity contribution in [3.05, 3.63) is 273 Å². The largest absolute Gasteiger partial charge is 0.481 e. The second-order valence-corrected chi connectivity index (χ2v) is 30.2. The maximum absolute atomic E-state index is 13.5. The molecule has 0 fully saturated rings. The Morgan fingerprint density at radius 2 is 0.858 bits per heavy atom. The second kappa shape index (κ2) is 29.8. The van der Waals surface area contributed by atoms with E-state index in [1.165, 1.54) is 21.9 Å². The molecular formula is C86H83N6O12S2+. The van der Waals surface area contributed by atoms with Crippen LogP contribution in [0.25, 0.3) is 38.6 Å². The van der Waals surface area contributed by atoms with Gasteiger partial charge in [0.2, 0.25) is 0 Å². The molecule has 20 heteroatoms. The predicted molar refractivity (Wildman–Crippen MR) is 417 cm³/mol. The molecule has 4 heterocycles. The number of fused-ring (bicyclic) bond motifs is 6. The van der Waals surface area contributed by atoms with Crippen molar-refractivity contribution in [1.29, 1.82) is 0 Å². The van der Waals surface area contributed by atoms with Crippen LogP contribution < -0.4 is 24.3 Å². The van der Waals surface area contributed by atoms with Crippen LogP contribution in [0.15, 0.2) is 232 Å². The number of anilines is 5. The van der Waals surface area contributed by atoms with Crippen LogP contribution in [-0.2, 0) is 20.2 Å². The number of aryl methyl sites for hydroxylation is 4. The monoisotopic (exact) mass is 1460 g/mol. The molecule has 1 atom stereocenters. The molecule has 0 bridgehead atoms. The SMILES string of the molecule is CCN(CCCCCCN(CC)c1ccc2c(-c3ccccc3S(=O)(=O)O)c3ccc(N(CCCN4C(=O)c5ccccc5C4=O)c4c(C)cccc4C)cc3[o+]c2c1)c1ccc2c(c1)OC1C=C(N(CCCN3C(=O)c4ccccc4C3=O)c3c(C)cccc3C)C=CC1=C2c1ccccc1S(=O)(=O)O. The molecule has 14 rings (SSSR count). The zero-order valence-corrected chi connectivity index (χ0v) is 61.7. The van der Waals surface area contributed by atoms with Gasteiger partial charge in [0.25, 0.3) is 43.9 Å². The molecule has 540 valence electrons. The van der Waals surface area contributed by atoms with Gasteiger partial charge in [-0.15, -0.1) is 0 Å². The number of benzene rings is 9. The molecule has 4 aliphatic rings. The van der Waals surface area contributed by atoms with E-state index < -0.39 is 26.3 Å². The van der Waals surface area contributed by atoms with Crippen molar-refractivity contribution in [3.8, 4) is 16.9 Å². The van der Waals surface area contributed by atoms with Crippen LogP contribution in [0.4, 0.5) is 28.4 Å². The molecule has 9 aromatic carbocycles. The highest BCUT2D eigenvalue weighted by molar-refractivity contribution is 7.86. The first kappa shape index (κ1) is 71.9. The Morgan fingerprint density at radius 3 is 1.36 bits per heavy atom. The van der Waals surface area contributed by atoms with E-state index in [9.17, 15) is 45.1 Å². The maximum atomic E-state index is 13.5. The van der Waals surface area contributed by atoms with Crippen molar-refractivity contribution < 1.29 is 54.3 Å². The Bertz CT molecular complexity index is 5440. The summed E-state index contributed by atoms with van der Waals surface area (Å²) in [7, 11) is -9.36. The normalized spacial score (nSPS) is 14.7. The third-order valence-corrected chi connectivity index (χ3v) is 22.6. The fourth-order valence-corrected chi connectivity index (χ4v) is 17.2. The number of carbonyl (C=O) groups is 4. The van der Waals surface area contributed by atoms with Crippen LogP contribution in [-0.4, -0.2) is 118 Å². The number of ether oxygens (including phenoxy) is 1. The minimum absolute atomic E-state index is 0.201. The lowest BCUT2D eigenvalue weighted by molar-refractivity contribution is 0.0638. The highest BCUT2D eigenvalue weighted by Gasteiger charge is 2.38. The Morgan fingerprint density at radius 1 is 0.434 bits per heavy atom. The van der Waals surface area contributed by atoms with E-state index in [1.807, 2.05) is 111 Å². The van der Waals surface area contributed by atoms with Crippen LogP contribution in [0.5, 0.6) is 5.75 Å². The number of nitrogens with zero attached hydrogens (tertiary/aromatic N) is 6. The molecule has 18 nitrogen and oxygen atoms in total. The van der Waals surface area contributed by atoms with Crippen molar-refractivity contribution in [3.63, 3.8) is 0 Å². The van der Waals surface area contributed by atoms with E-state index in [2.05, 4.69) is 59.4 Å². The summed E-state index contributed by atoms with van der Waals surface area (Å²) in [6.07, 6.45) is 9.85. The summed E-state index contributed by atoms with van der Waals surface area (Å²) in [5, 5.41) is 1.28. The summed E-state index contributed by atoms with van der Waals surface area (Å²) in [5.41, 5.74) is 15.3. The first-order valence-corrected chi connectivity index (χ1v) is 39.0. The van der Waals surface area contributed by atoms with Crippen molar-refractivity contribution >= 4 is 99.8 Å². The van der Waals surface area contributed by atoms with E-state index in [0.29, 0.717) is 122 Å². The third-order valence-electron chi connectivity index (χ3n) is 20.8. The van der Waals surface area contributed by atoms with Gasteiger partial charge in [0.1, 0.15) is 21.6 Å². The molecule has 0 saturated heterocycles. The molecule has 4 amide bonds. The molecule has 1 unspecified atom stereocenters. The lowest BCUT2D eigenvalue weighted by atomic mass is 9.85. The van der Waals surface area contributed by atoms with Crippen molar-refractivity contribution in [2.45, 2.75) is 96.0 Å². The molecule has 1 aromatic heterocycles. The lowest BCUT2D eigenvalue weighted by Crippen LogP contribution is -2.35. The number of rotatable bonds is 27. The maximum Gasteiger partial charge on any atom is 0.363 e. The van der Waals surface area contributed by atoms with Crippen LogP contribution in [0.2, 0.25) is 0 Å². The highest BCUT2D eigenvalue weighted by atomic mass is 32.2. The Balaban J connectivity index is 0.698. The van der Waals surface area contributed by atoms with Gasteiger partial charge in [-0.2, -0.15) is 16.8 Å². The van der Waals surface area contributed by atoms with Crippen LogP contribution in [0, 0.1) is 27.7 Å². The van der Waals surface area contributed by atoms with E-state index >= 15 is 0 Å². The average molecular weight is 1460 g/mol. The van der Waals surface area contributed by atoms with Gasteiger partial charge < -0.3 is 24.3 Å². The number of para-hydroxylation sites is 2. The third kappa shape index (κ3) is 13.9. The van der Waals surface area contributed by atoms with Gasteiger partial charge in [-0.1, -0.05) is 116 Å². The van der Waals surface area contributed by atoms with E-state index in [1.54, 1.807) is 84.9 Å². The number of carbonyl (C=O) groups excluding carboxylic acids is 4. The van der Waals surface area contributed by atoms with Crippen LogP contribution in [0.1, 0.15) is 127 Å². The predicted octanol–water partition coefficient (Wildman–Crippen LogP) is 17.2. The van der Waals surface area contributed by atoms with Gasteiger partial charge in [0.15, 0.2) is 0 Å². The first-order valence-electron chi connectivity index (χ1n) is 36.1. The molecule has 10 aromatic rings. The zero-order chi connectivity index (χ0) is 74.3. The quantitative estimate of drug-likeness (QED) is 0.0161. The molecule has 0 spiro atoms. The highest BCUT2D eigenvalue weighted by Crippen LogP contribution is 2.48. The minimum Gasteiger partial charge on any atom is -0.481 e. The number of allylic oxidation sites excluding steroid dienone is 1. The minimum atomic E-state index is -4.69. The van der Waals surface area contributed by atoms with Gasteiger partial charge >= 0.3 is 11.2 Å². The van der Waals surface area contributed by atoms with Gasteiger partial charge in [-0.05, 0) is 174 Å². The second-order valence-electron chi connectivity index (χ2n) is 27.4. The van der Waals surface area contributed by atoms with Gasteiger partial charge in [-0.3, -0.25) is 38.1 Å². The van der Waals surface area contributed by atoms with E-state index in [-0.39, 0.29) is 46.5 Å². The Labute approximate surface area is 618 Å². The van der Waals surface area contributed by atoms with Crippen LogP contribution in [0.3, 0.4) is 0 Å². The van der Waals surface area contributed by atoms with Crippen LogP contribution >= 0.6 is 0 Å². The summed E-state index contributed by atoms with van der Waals surface area (Å²) >= 11 is 0. The van der Waals surface area contributed by atoms with Crippen molar-refractivity contribution in [1.82, 2.24) is 9.80 Å². The molecule has 3 aliphatic heterocycles. The number of hydrogen-bond acceptors (Lipinski definition) is 13. The number of amides is 4. The number of unbranched alkanes of at least 4 members (excludes halogenated alkanes) is 3.